The van der Waals surface area contributed by atoms with Crippen molar-refractivity contribution in [1.29, 1.82) is 0 Å². The number of carboxylic acid groups (broad SMARTS) is 2. The van der Waals surface area contributed by atoms with Crippen LogP contribution in [0, 0.1) is 0 Å². The number of aromatic nitrogens is 1. The maximum Gasteiger partial charge on any atom is 0.414 e. The van der Waals surface area contributed by atoms with Gasteiger partial charge < -0.3 is 25.3 Å². The number of carboxylic acids is 2. The molecule has 0 bridgehead atoms. The van der Waals surface area contributed by atoms with Crippen molar-refractivity contribution in [3.05, 3.63) is 36.0 Å². The van der Waals surface area contributed by atoms with E-state index in [1.54, 1.807) is 0 Å². The maximum absolute atomic E-state index is 9.10. The highest BCUT2D eigenvalue weighted by Crippen LogP contribution is 2.17. The summed E-state index contributed by atoms with van der Waals surface area (Å²) in [6, 6.07) is 8.53. The number of H-pyrrole nitrogens is 1. The van der Waals surface area contributed by atoms with Gasteiger partial charge in [-0.25, -0.2) is 9.59 Å². The summed E-state index contributed by atoms with van der Waals surface area (Å²) in [7, 11) is 0. The number of aliphatic carboxylic acids is 2. The van der Waals surface area contributed by atoms with Crippen LogP contribution in [0.4, 0.5) is 0 Å². The highest BCUT2D eigenvalue weighted by molar-refractivity contribution is 6.27. The maximum atomic E-state index is 9.10. The van der Waals surface area contributed by atoms with Crippen molar-refractivity contribution in [2.45, 2.75) is 25.5 Å². The Morgan fingerprint density at radius 2 is 2.04 bits per heavy atom. The second-order valence-electron chi connectivity index (χ2n) is 5.23. The smallest absolute Gasteiger partial charge is 0.414 e. The summed E-state index contributed by atoms with van der Waals surface area (Å²) >= 11 is 0. The SMILES string of the molecule is O=C(O)C(=O)O.c1cc(CNCC2CCCO2)c2cc[nH]c2c1. The number of benzene rings is 1. The van der Waals surface area contributed by atoms with Gasteiger partial charge in [-0.05, 0) is 30.5 Å². The van der Waals surface area contributed by atoms with Crippen molar-refractivity contribution >= 4 is 22.8 Å². The summed E-state index contributed by atoms with van der Waals surface area (Å²) in [5, 5.41) is 19.6. The Morgan fingerprint density at radius 3 is 2.70 bits per heavy atom. The van der Waals surface area contributed by atoms with Crippen molar-refractivity contribution in [2.75, 3.05) is 13.2 Å². The number of fused-ring (bicyclic) bond motifs is 1. The minimum absolute atomic E-state index is 0.417. The summed E-state index contributed by atoms with van der Waals surface area (Å²) in [6.45, 7) is 2.80. The molecule has 7 nitrogen and oxygen atoms in total. The molecule has 0 spiro atoms. The third-order valence-electron chi connectivity index (χ3n) is 3.58. The lowest BCUT2D eigenvalue weighted by Crippen LogP contribution is -2.25. The Labute approximate surface area is 133 Å². The molecule has 7 heteroatoms. The number of ether oxygens (including phenoxy) is 1. The Morgan fingerprint density at radius 1 is 1.26 bits per heavy atom. The first-order chi connectivity index (χ1) is 11.1. The Balaban J connectivity index is 0.000000277. The van der Waals surface area contributed by atoms with Gasteiger partial charge in [0.15, 0.2) is 0 Å². The standard InChI is InChI=1S/C14H18N2O.C2H2O4/c1-3-11(13-6-7-16-14(13)5-1)9-15-10-12-4-2-8-17-12;3-1(4)2(5)6/h1,3,5-7,12,15-16H,2,4,8-10H2;(H,3,4)(H,5,6). The largest absolute Gasteiger partial charge is 0.473 e. The predicted octanol–water partition coefficient (Wildman–Crippen LogP) is 1.59. The number of nitrogens with one attached hydrogen (secondary N) is 2. The molecule has 2 aromatic rings. The van der Waals surface area contributed by atoms with E-state index in [9.17, 15) is 0 Å². The molecule has 1 aliphatic rings. The highest BCUT2D eigenvalue weighted by Gasteiger charge is 2.14. The lowest BCUT2D eigenvalue weighted by molar-refractivity contribution is -0.159. The van der Waals surface area contributed by atoms with Crippen LogP contribution >= 0.6 is 0 Å². The number of rotatable bonds is 4. The van der Waals surface area contributed by atoms with Crippen LogP contribution in [0.25, 0.3) is 10.9 Å². The quantitative estimate of drug-likeness (QED) is 0.637. The molecular formula is C16H20N2O5. The molecule has 1 fully saturated rings. The van der Waals surface area contributed by atoms with Gasteiger partial charge >= 0.3 is 11.9 Å². The summed E-state index contributed by atoms with van der Waals surface area (Å²) in [6.07, 6.45) is 4.82. The van der Waals surface area contributed by atoms with Crippen LogP contribution in [-0.4, -0.2) is 46.4 Å². The van der Waals surface area contributed by atoms with Crippen LogP contribution < -0.4 is 5.32 Å². The first-order valence-electron chi connectivity index (χ1n) is 7.41. The monoisotopic (exact) mass is 320 g/mol. The molecule has 2 heterocycles. The molecule has 124 valence electrons. The zero-order valence-electron chi connectivity index (χ0n) is 12.6. The summed E-state index contributed by atoms with van der Waals surface area (Å²) in [5.41, 5.74) is 2.56. The molecule has 0 aliphatic carbocycles. The average Bonchev–Trinajstić information content (AvgIpc) is 3.19. The van der Waals surface area contributed by atoms with Crippen LogP contribution in [0.1, 0.15) is 18.4 Å². The molecule has 0 radical (unpaired) electrons. The first kappa shape index (κ1) is 17.0. The van der Waals surface area contributed by atoms with Crippen LogP contribution in [-0.2, 0) is 20.9 Å². The fourth-order valence-electron chi connectivity index (χ4n) is 2.48. The number of hydrogen-bond donors (Lipinski definition) is 4. The van der Waals surface area contributed by atoms with Gasteiger partial charge in [-0.2, -0.15) is 0 Å². The second kappa shape index (κ2) is 8.30. The molecule has 1 atom stereocenters. The predicted molar refractivity (Wildman–Crippen MR) is 84.3 cm³/mol. The first-order valence-corrected chi connectivity index (χ1v) is 7.41. The van der Waals surface area contributed by atoms with Crippen molar-refractivity contribution in [3.63, 3.8) is 0 Å². The second-order valence-corrected chi connectivity index (χ2v) is 5.23. The van der Waals surface area contributed by atoms with Crippen molar-refractivity contribution < 1.29 is 24.5 Å². The van der Waals surface area contributed by atoms with Gasteiger partial charge in [0.25, 0.3) is 0 Å². The van der Waals surface area contributed by atoms with E-state index >= 15 is 0 Å². The Kier molecular flexibility index (Phi) is 6.13. The van der Waals surface area contributed by atoms with Crippen LogP contribution in [0.2, 0.25) is 0 Å². The number of carbonyl (C=O) groups is 2. The van der Waals surface area contributed by atoms with Gasteiger partial charge in [-0.1, -0.05) is 12.1 Å². The fourth-order valence-corrected chi connectivity index (χ4v) is 2.48. The molecule has 3 rings (SSSR count). The molecule has 0 amide bonds. The van der Waals surface area contributed by atoms with E-state index in [1.807, 2.05) is 6.20 Å². The van der Waals surface area contributed by atoms with Crippen molar-refractivity contribution in [2.24, 2.45) is 0 Å². The van der Waals surface area contributed by atoms with E-state index in [1.165, 1.54) is 29.3 Å². The average molecular weight is 320 g/mol. The zero-order chi connectivity index (χ0) is 16.7. The lowest BCUT2D eigenvalue weighted by Gasteiger charge is -2.11. The van der Waals surface area contributed by atoms with Crippen LogP contribution in [0.3, 0.4) is 0 Å². The van der Waals surface area contributed by atoms with Gasteiger partial charge in [0.05, 0.1) is 6.10 Å². The number of hydrogen-bond acceptors (Lipinski definition) is 4. The molecule has 23 heavy (non-hydrogen) atoms. The molecule has 1 saturated heterocycles. The van der Waals surface area contributed by atoms with Crippen molar-refractivity contribution in [3.8, 4) is 0 Å². The molecular weight excluding hydrogens is 300 g/mol. The minimum Gasteiger partial charge on any atom is -0.473 e. The third kappa shape index (κ3) is 5.08. The van der Waals surface area contributed by atoms with E-state index in [4.69, 9.17) is 24.5 Å². The van der Waals surface area contributed by atoms with E-state index in [0.717, 1.165) is 19.7 Å². The highest BCUT2D eigenvalue weighted by atomic mass is 16.5. The van der Waals surface area contributed by atoms with E-state index in [-0.39, 0.29) is 0 Å². The molecule has 1 aromatic carbocycles. The molecule has 1 aliphatic heterocycles. The van der Waals surface area contributed by atoms with Crippen molar-refractivity contribution in [1.82, 2.24) is 10.3 Å². The normalized spacial score (nSPS) is 16.8. The summed E-state index contributed by atoms with van der Waals surface area (Å²) in [4.78, 5) is 21.4. The summed E-state index contributed by atoms with van der Waals surface area (Å²) in [5.74, 6) is -3.65. The Hall–Kier alpha value is -2.38. The van der Waals surface area contributed by atoms with Gasteiger partial charge in [0.1, 0.15) is 0 Å². The zero-order valence-corrected chi connectivity index (χ0v) is 12.6. The van der Waals surface area contributed by atoms with Crippen LogP contribution in [0.15, 0.2) is 30.5 Å². The number of aromatic amines is 1. The van der Waals surface area contributed by atoms with Gasteiger partial charge in [0, 0.05) is 36.8 Å². The van der Waals surface area contributed by atoms with Crippen LogP contribution in [0.5, 0.6) is 0 Å². The molecule has 1 unspecified atom stereocenters. The van der Waals surface area contributed by atoms with E-state index < -0.39 is 11.9 Å². The summed E-state index contributed by atoms with van der Waals surface area (Å²) < 4.78 is 5.59. The molecule has 0 saturated carbocycles. The van der Waals surface area contributed by atoms with E-state index in [0.29, 0.717) is 6.10 Å². The lowest BCUT2D eigenvalue weighted by atomic mass is 10.1. The third-order valence-corrected chi connectivity index (χ3v) is 3.58. The van der Waals surface area contributed by atoms with Gasteiger partial charge in [0.2, 0.25) is 0 Å². The molecule has 4 N–H and O–H groups in total. The fraction of sp³-hybridized carbons (Fsp3) is 0.375. The molecule has 1 aromatic heterocycles. The van der Waals surface area contributed by atoms with Gasteiger partial charge in [-0.3, -0.25) is 0 Å². The van der Waals surface area contributed by atoms with E-state index in [2.05, 4.69) is 34.6 Å². The topological polar surface area (TPSA) is 112 Å². The van der Waals surface area contributed by atoms with Gasteiger partial charge in [-0.15, -0.1) is 0 Å². The Bertz CT molecular complexity index is 649. The minimum atomic E-state index is -1.82.